The van der Waals surface area contributed by atoms with Crippen molar-refractivity contribution in [2.75, 3.05) is 13.2 Å². The quantitative estimate of drug-likeness (QED) is 0.404. The number of nitrogens with zero attached hydrogens (tertiary/aromatic N) is 2. The van der Waals surface area contributed by atoms with Gasteiger partial charge in [0.05, 0.1) is 30.6 Å². The lowest BCUT2D eigenvalue weighted by molar-refractivity contribution is -0.248. The number of fused-ring (bicyclic) bond motifs is 1. The highest BCUT2D eigenvalue weighted by Gasteiger charge is 2.56. The zero-order chi connectivity index (χ0) is 23.9. The van der Waals surface area contributed by atoms with E-state index in [4.69, 9.17) is 9.47 Å². The lowest BCUT2D eigenvalue weighted by Gasteiger charge is -2.32. The maximum Gasteiger partial charge on any atom is 0.425 e. The Morgan fingerprint density at radius 3 is 2.29 bits per heavy atom. The maximum absolute atomic E-state index is 14.5. The van der Waals surface area contributed by atoms with Crippen molar-refractivity contribution >= 4 is 10.9 Å². The minimum atomic E-state index is -5.10. The highest BCUT2D eigenvalue weighted by Crippen LogP contribution is 2.46. The first-order valence-electron chi connectivity index (χ1n) is 10.6. The summed E-state index contributed by atoms with van der Waals surface area (Å²) >= 11 is 0. The van der Waals surface area contributed by atoms with Crippen molar-refractivity contribution < 1.29 is 32.1 Å². The third kappa shape index (κ3) is 3.75. The molecule has 1 atom stereocenters. The number of hydrogen-bond acceptors (Lipinski definition) is 4. The van der Waals surface area contributed by atoms with Crippen molar-refractivity contribution in [3.63, 3.8) is 0 Å². The van der Waals surface area contributed by atoms with Gasteiger partial charge in [-0.2, -0.15) is 18.3 Å². The van der Waals surface area contributed by atoms with Crippen LogP contribution in [-0.4, -0.2) is 34.3 Å². The van der Waals surface area contributed by atoms with E-state index in [0.717, 1.165) is 23.9 Å². The Morgan fingerprint density at radius 1 is 0.912 bits per heavy atom. The molecule has 4 aromatic rings. The van der Waals surface area contributed by atoms with Crippen molar-refractivity contribution in [2.45, 2.75) is 24.5 Å². The molecular weight excluding hydrogens is 452 g/mol. The Bertz CT molecular complexity index is 1320. The van der Waals surface area contributed by atoms with E-state index >= 15 is 0 Å². The lowest BCUT2D eigenvalue weighted by Crippen LogP contribution is -2.43. The molecule has 0 amide bonds. The summed E-state index contributed by atoms with van der Waals surface area (Å²) in [6.45, 7) is 0.583. The summed E-state index contributed by atoms with van der Waals surface area (Å²) in [4.78, 5) is 0. The van der Waals surface area contributed by atoms with Gasteiger partial charge in [0.1, 0.15) is 5.82 Å². The summed E-state index contributed by atoms with van der Waals surface area (Å²) in [6.07, 6.45) is -4.21. The van der Waals surface area contributed by atoms with Crippen molar-refractivity contribution in [1.82, 2.24) is 9.78 Å². The van der Waals surface area contributed by atoms with E-state index in [2.05, 4.69) is 5.10 Å². The number of para-hydroxylation sites is 1. The van der Waals surface area contributed by atoms with E-state index in [-0.39, 0.29) is 5.56 Å². The van der Waals surface area contributed by atoms with Crippen molar-refractivity contribution in [3.05, 3.63) is 95.4 Å². The van der Waals surface area contributed by atoms with Gasteiger partial charge in [0.15, 0.2) is 6.29 Å². The van der Waals surface area contributed by atoms with E-state index in [9.17, 15) is 22.7 Å². The Kier molecular flexibility index (Phi) is 5.63. The molecule has 0 radical (unpaired) electrons. The van der Waals surface area contributed by atoms with Crippen LogP contribution >= 0.6 is 0 Å². The van der Waals surface area contributed by atoms with Gasteiger partial charge in [0, 0.05) is 10.9 Å². The van der Waals surface area contributed by atoms with E-state index < -0.39 is 35.0 Å². The molecule has 34 heavy (non-hydrogen) atoms. The molecular formula is C25H20F4N2O3. The second-order valence-corrected chi connectivity index (χ2v) is 8.04. The predicted molar refractivity (Wildman–Crippen MR) is 116 cm³/mol. The molecule has 1 unspecified atom stereocenters. The lowest BCUT2D eigenvalue weighted by atomic mass is 9.84. The van der Waals surface area contributed by atoms with Crippen molar-refractivity contribution in [2.24, 2.45) is 0 Å². The highest BCUT2D eigenvalue weighted by molar-refractivity contribution is 5.81. The number of hydrogen-bond donors (Lipinski definition) is 1. The monoisotopic (exact) mass is 472 g/mol. The molecule has 1 aromatic heterocycles. The fraction of sp³-hybridized carbons (Fsp3) is 0.240. The Hall–Kier alpha value is -3.27. The first-order valence-corrected chi connectivity index (χ1v) is 10.6. The molecule has 0 saturated carbocycles. The molecule has 5 rings (SSSR count). The number of alkyl halides is 3. The molecule has 1 aliphatic heterocycles. The van der Waals surface area contributed by atoms with Crippen LogP contribution in [0.2, 0.25) is 0 Å². The minimum Gasteiger partial charge on any atom is -0.372 e. The van der Waals surface area contributed by atoms with E-state index in [1.54, 1.807) is 4.68 Å². The normalized spacial score (nSPS) is 17.1. The second-order valence-electron chi connectivity index (χ2n) is 8.04. The van der Waals surface area contributed by atoms with Gasteiger partial charge >= 0.3 is 6.18 Å². The van der Waals surface area contributed by atoms with Gasteiger partial charge in [-0.25, -0.2) is 9.07 Å². The average Bonchev–Trinajstić information content (AvgIpc) is 3.27. The molecule has 1 fully saturated rings. The Morgan fingerprint density at radius 2 is 1.59 bits per heavy atom. The van der Waals surface area contributed by atoms with Gasteiger partial charge in [0.2, 0.25) is 5.60 Å². The van der Waals surface area contributed by atoms with Crippen LogP contribution < -0.4 is 0 Å². The predicted octanol–water partition coefficient (Wildman–Crippen LogP) is 5.40. The summed E-state index contributed by atoms with van der Waals surface area (Å²) in [5.41, 5.74) is -3.23. The highest BCUT2D eigenvalue weighted by atomic mass is 19.4. The van der Waals surface area contributed by atoms with Crippen LogP contribution in [0.1, 0.15) is 29.4 Å². The van der Waals surface area contributed by atoms with Crippen molar-refractivity contribution in [3.8, 4) is 5.69 Å². The summed E-state index contributed by atoms with van der Waals surface area (Å²) in [7, 11) is 0. The Labute approximate surface area is 192 Å². The molecule has 0 bridgehead atoms. The molecule has 0 aliphatic carbocycles. The second kappa shape index (κ2) is 8.50. The third-order valence-electron chi connectivity index (χ3n) is 5.89. The first kappa shape index (κ1) is 22.5. The third-order valence-corrected chi connectivity index (χ3v) is 5.89. The van der Waals surface area contributed by atoms with Gasteiger partial charge in [-0.15, -0.1) is 0 Å². The van der Waals surface area contributed by atoms with Crippen molar-refractivity contribution in [1.29, 1.82) is 0 Å². The van der Waals surface area contributed by atoms with Gasteiger partial charge < -0.3 is 14.6 Å². The SMILES string of the molecule is OC(c1ccc(F)c(C2OCCCO2)c1)(c1ccc2c(cnn2-c2ccccc2)c1)C(F)(F)F. The summed E-state index contributed by atoms with van der Waals surface area (Å²) in [6, 6.07) is 15.8. The fourth-order valence-corrected chi connectivity index (χ4v) is 4.14. The van der Waals surface area contributed by atoms with E-state index in [0.29, 0.717) is 30.5 Å². The summed E-state index contributed by atoms with van der Waals surface area (Å²) < 4.78 is 70.0. The van der Waals surface area contributed by atoms with Gasteiger partial charge in [0.25, 0.3) is 0 Å². The van der Waals surface area contributed by atoms with Gasteiger partial charge in [-0.3, -0.25) is 0 Å². The number of halogens is 4. The molecule has 2 heterocycles. The molecule has 1 saturated heterocycles. The Balaban J connectivity index is 1.62. The molecule has 0 spiro atoms. The molecule has 1 aliphatic rings. The molecule has 176 valence electrons. The van der Waals surface area contributed by atoms with Crippen LogP contribution in [0.25, 0.3) is 16.6 Å². The van der Waals surface area contributed by atoms with Crippen LogP contribution in [0.5, 0.6) is 0 Å². The molecule has 9 heteroatoms. The zero-order valence-corrected chi connectivity index (χ0v) is 17.8. The largest absolute Gasteiger partial charge is 0.425 e. The van der Waals surface area contributed by atoms with Crippen LogP contribution in [0.15, 0.2) is 72.9 Å². The molecule has 3 aromatic carbocycles. The van der Waals surface area contributed by atoms with Crippen LogP contribution in [0, 0.1) is 5.82 Å². The van der Waals surface area contributed by atoms with Gasteiger partial charge in [-0.05, 0) is 53.9 Å². The molecule has 1 N–H and O–H groups in total. The smallest absolute Gasteiger partial charge is 0.372 e. The minimum absolute atomic E-state index is 0.196. The standard InChI is InChI=1S/C25H20F4N2O3/c26-21-9-7-18(14-20(21)23-33-11-4-12-34-23)24(32,25(27,28)29)17-8-10-22-16(13-17)15-30-31(22)19-5-2-1-3-6-19/h1-3,5-10,13-15,23,32H,4,11-12H2. The van der Waals surface area contributed by atoms with E-state index in [1.165, 1.54) is 24.4 Å². The van der Waals surface area contributed by atoms with Crippen LogP contribution in [-0.2, 0) is 15.1 Å². The zero-order valence-electron chi connectivity index (χ0n) is 17.8. The van der Waals surface area contributed by atoms with Crippen LogP contribution in [0.3, 0.4) is 0 Å². The van der Waals surface area contributed by atoms with E-state index in [1.807, 2.05) is 30.3 Å². The number of aliphatic hydroxyl groups is 1. The topological polar surface area (TPSA) is 56.5 Å². The van der Waals surface area contributed by atoms with Crippen LogP contribution in [0.4, 0.5) is 17.6 Å². The number of benzene rings is 3. The first-order chi connectivity index (χ1) is 16.3. The summed E-state index contributed by atoms with van der Waals surface area (Å²) in [5, 5.41) is 15.8. The number of aromatic nitrogens is 2. The maximum atomic E-state index is 14.5. The van der Waals surface area contributed by atoms with Gasteiger partial charge in [-0.1, -0.05) is 30.3 Å². The number of ether oxygens (including phenoxy) is 2. The molecule has 5 nitrogen and oxygen atoms in total. The average molecular weight is 472 g/mol. The number of rotatable bonds is 4. The fourth-order valence-electron chi connectivity index (χ4n) is 4.14. The summed E-state index contributed by atoms with van der Waals surface area (Å²) in [5.74, 6) is -0.778.